The zero-order chi connectivity index (χ0) is 16.3. The van der Waals surface area contributed by atoms with Crippen LogP contribution in [0.1, 0.15) is 58.8 Å². The normalized spacial score (nSPS) is 59.6. The van der Waals surface area contributed by atoms with Gasteiger partial charge in [-0.2, -0.15) is 0 Å². The average molecular weight is 318 g/mol. The van der Waals surface area contributed by atoms with Gasteiger partial charge in [-0.1, -0.05) is 26.0 Å². The summed E-state index contributed by atoms with van der Waals surface area (Å²) in [6, 6.07) is 0. The van der Waals surface area contributed by atoms with E-state index in [4.69, 9.17) is 4.74 Å². The Kier molecular flexibility index (Phi) is 2.63. The van der Waals surface area contributed by atoms with Gasteiger partial charge in [0.1, 0.15) is 0 Å². The molecular weight excluding hydrogens is 288 g/mol. The molecule has 2 spiro atoms. The molecule has 4 saturated carbocycles. The lowest BCUT2D eigenvalue weighted by Gasteiger charge is -2.72. The third kappa shape index (κ3) is 1.49. The van der Waals surface area contributed by atoms with Crippen molar-refractivity contribution in [3.05, 3.63) is 12.2 Å². The summed E-state index contributed by atoms with van der Waals surface area (Å²) in [6.45, 7) is 9.23. The minimum Gasteiger partial charge on any atom is -0.393 e. The Balaban J connectivity index is 1.65. The lowest BCUT2D eigenvalue weighted by Crippen LogP contribution is -2.74. The summed E-state index contributed by atoms with van der Waals surface area (Å²) < 4.78 is 6.09. The fourth-order valence-corrected chi connectivity index (χ4v) is 8.15. The summed E-state index contributed by atoms with van der Waals surface area (Å²) in [5.74, 6) is 0.414. The molecule has 6 aliphatic rings. The Labute approximate surface area is 139 Å². The smallest absolute Gasteiger partial charge is 0.170 e. The highest BCUT2D eigenvalue weighted by atomic mass is 16.6. The van der Waals surface area contributed by atoms with Gasteiger partial charge in [0, 0.05) is 23.2 Å². The van der Waals surface area contributed by atoms with E-state index in [0.717, 1.165) is 25.7 Å². The van der Waals surface area contributed by atoms with Crippen LogP contribution < -0.4 is 0 Å². The van der Waals surface area contributed by atoms with E-state index in [0.29, 0.717) is 18.4 Å². The number of aliphatic hydroxyl groups excluding tert-OH is 1. The van der Waals surface area contributed by atoms with Gasteiger partial charge in [0.15, 0.2) is 5.79 Å². The fourth-order valence-electron chi connectivity index (χ4n) is 8.15. The van der Waals surface area contributed by atoms with Crippen molar-refractivity contribution in [2.75, 3.05) is 6.61 Å². The Morgan fingerprint density at radius 2 is 1.96 bits per heavy atom. The van der Waals surface area contributed by atoms with Crippen molar-refractivity contribution in [3.8, 4) is 0 Å². The third-order valence-corrected chi connectivity index (χ3v) is 8.96. The second kappa shape index (κ2) is 4.05. The first-order valence-electron chi connectivity index (χ1n) is 9.46. The Hall–Kier alpha value is -0.380. The minimum absolute atomic E-state index is 0.0568. The van der Waals surface area contributed by atoms with Crippen LogP contribution in [0, 0.1) is 34.0 Å². The molecular formula is C20H30O3. The highest BCUT2D eigenvalue weighted by Gasteiger charge is 2.74. The zero-order valence-electron chi connectivity index (χ0n) is 14.5. The molecule has 3 heteroatoms. The van der Waals surface area contributed by atoms with Gasteiger partial charge >= 0.3 is 0 Å². The first-order chi connectivity index (χ1) is 10.7. The molecule has 7 atom stereocenters. The van der Waals surface area contributed by atoms with Crippen LogP contribution in [0.25, 0.3) is 0 Å². The monoisotopic (exact) mass is 318 g/mol. The number of aliphatic hydroxyl groups is 2. The summed E-state index contributed by atoms with van der Waals surface area (Å²) in [6.07, 6.45) is 7.18. The summed E-state index contributed by atoms with van der Waals surface area (Å²) in [4.78, 5) is 0. The Morgan fingerprint density at radius 1 is 1.17 bits per heavy atom. The lowest BCUT2D eigenvalue weighted by atomic mass is 9.38. The standard InChI is InChI=1S/C20H30O3/c1-12-8-18-9-13(12)4-5-15(18)19-6-7-20(22,23-11-19)17(2,3)16(19)14(21)10-18/h13-16,21-22H,1,4-11H2,2-3H3/t13-,14+,15+,16+,18-,19-,20+/m0/s1. The van der Waals surface area contributed by atoms with Crippen LogP contribution >= 0.6 is 0 Å². The second-order valence-electron chi connectivity index (χ2n) is 10.0. The molecule has 128 valence electrons. The molecule has 0 amide bonds. The molecule has 2 heterocycles. The average Bonchev–Trinajstić information content (AvgIpc) is 2.70. The van der Waals surface area contributed by atoms with E-state index in [1.165, 1.54) is 24.8 Å². The summed E-state index contributed by atoms with van der Waals surface area (Å²) in [5, 5.41) is 22.2. The molecule has 4 bridgehead atoms. The van der Waals surface area contributed by atoms with Crippen molar-refractivity contribution >= 4 is 0 Å². The third-order valence-electron chi connectivity index (χ3n) is 8.96. The predicted octanol–water partition coefficient (Wildman–Crippen LogP) is 3.26. The van der Waals surface area contributed by atoms with E-state index >= 15 is 0 Å². The van der Waals surface area contributed by atoms with Crippen LogP contribution in [-0.2, 0) is 4.74 Å². The molecule has 23 heavy (non-hydrogen) atoms. The maximum Gasteiger partial charge on any atom is 0.170 e. The number of hydrogen-bond acceptors (Lipinski definition) is 3. The Morgan fingerprint density at radius 3 is 2.65 bits per heavy atom. The number of ether oxygens (including phenoxy) is 1. The molecule has 0 aromatic heterocycles. The van der Waals surface area contributed by atoms with E-state index in [1.807, 2.05) is 0 Å². The van der Waals surface area contributed by atoms with Crippen molar-refractivity contribution in [1.29, 1.82) is 0 Å². The summed E-state index contributed by atoms with van der Waals surface area (Å²) in [5.41, 5.74) is 1.36. The quantitative estimate of drug-likeness (QED) is 0.674. The van der Waals surface area contributed by atoms with Crippen molar-refractivity contribution in [1.82, 2.24) is 0 Å². The first-order valence-corrected chi connectivity index (χ1v) is 9.46. The minimum atomic E-state index is -1.05. The van der Waals surface area contributed by atoms with Gasteiger partial charge in [-0.3, -0.25) is 0 Å². The van der Waals surface area contributed by atoms with Gasteiger partial charge in [-0.05, 0) is 55.8 Å². The molecule has 2 N–H and O–H groups in total. The van der Waals surface area contributed by atoms with Gasteiger partial charge in [-0.15, -0.1) is 0 Å². The van der Waals surface area contributed by atoms with Crippen LogP contribution in [0.4, 0.5) is 0 Å². The zero-order valence-corrected chi connectivity index (χ0v) is 14.5. The van der Waals surface area contributed by atoms with E-state index in [2.05, 4.69) is 20.4 Å². The van der Waals surface area contributed by atoms with E-state index in [-0.39, 0.29) is 28.3 Å². The van der Waals surface area contributed by atoms with Gasteiger partial charge in [0.25, 0.3) is 0 Å². The number of rotatable bonds is 0. The van der Waals surface area contributed by atoms with Crippen molar-refractivity contribution < 1.29 is 14.9 Å². The lowest BCUT2D eigenvalue weighted by molar-refractivity contribution is -0.405. The highest BCUT2D eigenvalue weighted by Crippen LogP contribution is 2.75. The molecule has 3 nitrogen and oxygen atoms in total. The number of hydrogen-bond donors (Lipinski definition) is 2. The van der Waals surface area contributed by atoms with Crippen LogP contribution in [0.15, 0.2) is 12.2 Å². The molecule has 4 aliphatic carbocycles. The molecule has 6 rings (SSSR count). The van der Waals surface area contributed by atoms with Crippen LogP contribution in [-0.4, -0.2) is 28.7 Å². The highest BCUT2D eigenvalue weighted by molar-refractivity contribution is 5.26. The van der Waals surface area contributed by atoms with E-state index in [1.54, 1.807) is 0 Å². The maximum atomic E-state index is 11.2. The second-order valence-corrected chi connectivity index (χ2v) is 10.0. The van der Waals surface area contributed by atoms with Gasteiger partial charge < -0.3 is 14.9 Å². The molecule has 6 fully saturated rings. The summed E-state index contributed by atoms with van der Waals surface area (Å²) in [7, 11) is 0. The van der Waals surface area contributed by atoms with E-state index in [9.17, 15) is 10.2 Å². The van der Waals surface area contributed by atoms with Gasteiger partial charge in [-0.25, -0.2) is 0 Å². The maximum absolute atomic E-state index is 11.2. The van der Waals surface area contributed by atoms with Crippen LogP contribution in [0.3, 0.4) is 0 Å². The Bertz CT molecular complexity index is 571. The van der Waals surface area contributed by atoms with Gasteiger partial charge in [0.2, 0.25) is 0 Å². The van der Waals surface area contributed by atoms with Crippen LogP contribution in [0.2, 0.25) is 0 Å². The molecule has 0 aromatic rings. The van der Waals surface area contributed by atoms with Gasteiger partial charge in [0.05, 0.1) is 12.7 Å². The van der Waals surface area contributed by atoms with Crippen LogP contribution in [0.5, 0.6) is 0 Å². The summed E-state index contributed by atoms with van der Waals surface area (Å²) >= 11 is 0. The van der Waals surface area contributed by atoms with Crippen molar-refractivity contribution in [2.45, 2.75) is 70.7 Å². The fraction of sp³-hybridized carbons (Fsp3) is 0.900. The molecule has 0 aromatic carbocycles. The largest absolute Gasteiger partial charge is 0.393 e. The molecule has 0 radical (unpaired) electrons. The first kappa shape index (κ1) is 14.9. The molecule has 2 aliphatic heterocycles. The number of allylic oxidation sites excluding steroid dienone is 1. The number of fused-ring (bicyclic) bond motifs is 3. The topological polar surface area (TPSA) is 49.7 Å². The van der Waals surface area contributed by atoms with E-state index < -0.39 is 5.79 Å². The van der Waals surface area contributed by atoms with Crippen molar-refractivity contribution in [3.63, 3.8) is 0 Å². The molecule has 0 unspecified atom stereocenters. The SMILES string of the molecule is C=C1C[C@@]23C[C@@H]1CC[C@H]2[C@]12CC[C@@](O)(OC1)C(C)(C)[C@H]2[C@H](O)C3. The predicted molar refractivity (Wildman–Crippen MR) is 87.5 cm³/mol. The van der Waals surface area contributed by atoms with Crippen molar-refractivity contribution in [2.24, 2.45) is 34.0 Å². The molecule has 2 saturated heterocycles.